The molecular weight excluding hydrogens is 304 g/mol. The number of piperazine rings is 1. The number of hydrogen-bond acceptors (Lipinski definition) is 6. The molecule has 0 amide bonds. The Morgan fingerprint density at radius 3 is 2.81 bits per heavy atom. The summed E-state index contributed by atoms with van der Waals surface area (Å²) >= 11 is 3.64. The summed E-state index contributed by atoms with van der Waals surface area (Å²) in [6, 6.07) is 4.74. The lowest BCUT2D eigenvalue weighted by atomic mass is 10.2. The molecule has 0 spiro atoms. The van der Waals surface area contributed by atoms with Crippen LogP contribution in [0.3, 0.4) is 0 Å². The first-order valence-corrected chi connectivity index (χ1v) is 9.44. The number of rotatable bonds is 4. The lowest BCUT2D eigenvalue weighted by Crippen LogP contribution is -2.49. The van der Waals surface area contributed by atoms with Crippen LogP contribution in [0.1, 0.15) is 21.0 Å². The Labute approximate surface area is 134 Å². The Bertz CT molecular complexity index is 478. The minimum atomic E-state index is -0.227. The molecule has 1 aromatic rings. The molecule has 0 bridgehead atoms. The molecule has 2 aliphatic heterocycles. The van der Waals surface area contributed by atoms with Gasteiger partial charge in [0, 0.05) is 49.4 Å². The molecule has 0 aliphatic carbocycles. The second kappa shape index (κ2) is 7.13. The van der Waals surface area contributed by atoms with Gasteiger partial charge in [0.2, 0.25) is 0 Å². The monoisotopic (exact) mass is 326 g/mol. The van der Waals surface area contributed by atoms with Crippen LogP contribution in [0.5, 0.6) is 0 Å². The molecule has 1 atom stereocenters. The van der Waals surface area contributed by atoms with Crippen molar-refractivity contribution in [3.8, 4) is 0 Å². The van der Waals surface area contributed by atoms with E-state index in [-0.39, 0.29) is 5.97 Å². The van der Waals surface area contributed by atoms with Gasteiger partial charge in [-0.15, -0.1) is 11.3 Å². The highest BCUT2D eigenvalue weighted by Crippen LogP contribution is 2.24. The average molecular weight is 326 g/mol. The van der Waals surface area contributed by atoms with Gasteiger partial charge in [0.1, 0.15) is 4.88 Å². The normalized spacial score (nSPS) is 24.3. The average Bonchev–Trinajstić information content (AvgIpc) is 3.18. The van der Waals surface area contributed by atoms with Crippen molar-refractivity contribution in [2.75, 3.05) is 44.8 Å². The molecule has 2 aliphatic rings. The highest BCUT2D eigenvalue weighted by Gasteiger charge is 2.26. The van der Waals surface area contributed by atoms with Crippen LogP contribution in [0.2, 0.25) is 0 Å². The van der Waals surface area contributed by atoms with Crippen molar-refractivity contribution in [1.29, 1.82) is 0 Å². The zero-order valence-electron chi connectivity index (χ0n) is 12.4. The zero-order valence-corrected chi connectivity index (χ0v) is 14.0. The van der Waals surface area contributed by atoms with Crippen molar-refractivity contribution in [1.82, 2.24) is 9.80 Å². The highest BCUT2D eigenvalue weighted by atomic mass is 32.2. The maximum atomic E-state index is 11.5. The molecule has 2 fully saturated rings. The number of thioether (sulfide) groups is 1. The summed E-state index contributed by atoms with van der Waals surface area (Å²) in [6.07, 6.45) is 1.36. The smallest absolute Gasteiger partial charge is 0.348 e. The van der Waals surface area contributed by atoms with Crippen LogP contribution < -0.4 is 0 Å². The summed E-state index contributed by atoms with van der Waals surface area (Å²) in [6.45, 7) is 5.58. The van der Waals surface area contributed by atoms with Gasteiger partial charge in [0.25, 0.3) is 0 Å². The highest BCUT2D eigenvalue weighted by molar-refractivity contribution is 7.99. The van der Waals surface area contributed by atoms with Crippen LogP contribution >= 0.6 is 23.1 Å². The van der Waals surface area contributed by atoms with Crippen LogP contribution in [-0.2, 0) is 11.3 Å². The van der Waals surface area contributed by atoms with Gasteiger partial charge < -0.3 is 4.74 Å². The van der Waals surface area contributed by atoms with Gasteiger partial charge in [0.15, 0.2) is 0 Å². The quantitative estimate of drug-likeness (QED) is 0.792. The van der Waals surface area contributed by atoms with E-state index in [0.29, 0.717) is 4.88 Å². The predicted molar refractivity (Wildman–Crippen MR) is 88.2 cm³/mol. The molecule has 0 N–H and O–H groups in total. The van der Waals surface area contributed by atoms with Gasteiger partial charge in [-0.1, -0.05) is 0 Å². The van der Waals surface area contributed by atoms with E-state index in [1.807, 2.05) is 6.07 Å². The number of hydrogen-bond donors (Lipinski definition) is 0. The summed E-state index contributed by atoms with van der Waals surface area (Å²) in [5, 5.41) is 0. The van der Waals surface area contributed by atoms with Crippen LogP contribution in [0, 0.1) is 0 Å². The molecule has 0 unspecified atom stereocenters. The van der Waals surface area contributed by atoms with Gasteiger partial charge in [0.05, 0.1) is 7.11 Å². The largest absolute Gasteiger partial charge is 0.465 e. The third kappa shape index (κ3) is 3.80. The van der Waals surface area contributed by atoms with Gasteiger partial charge in [-0.05, 0) is 24.3 Å². The van der Waals surface area contributed by atoms with Crippen molar-refractivity contribution in [2.24, 2.45) is 0 Å². The van der Waals surface area contributed by atoms with Crippen molar-refractivity contribution in [3.63, 3.8) is 0 Å². The molecule has 3 rings (SSSR count). The van der Waals surface area contributed by atoms with Crippen molar-refractivity contribution in [2.45, 2.75) is 19.0 Å². The van der Waals surface area contributed by atoms with Crippen molar-refractivity contribution >= 4 is 29.1 Å². The molecule has 21 heavy (non-hydrogen) atoms. The second-order valence-corrected chi connectivity index (χ2v) is 7.91. The predicted octanol–water partition coefficient (Wildman–Crippen LogP) is 2.16. The van der Waals surface area contributed by atoms with E-state index < -0.39 is 0 Å². The number of carbonyl (C=O) groups excluding carboxylic acids is 1. The Balaban J connectivity index is 1.48. The number of ether oxygens (including phenoxy) is 1. The zero-order chi connectivity index (χ0) is 14.7. The van der Waals surface area contributed by atoms with E-state index in [2.05, 4.69) is 27.6 Å². The summed E-state index contributed by atoms with van der Waals surface area (Å²) < 4.78 is 4.76. The second-order valence-electron chi connectivity index (χ2n) is 5.59. The van der Waals surface area contributed by atoms with Gasteiger partial charge in [-0.25, -0.2) is 4.79 Å². The summed E-state index contributed by atoms with van der Waals surface area (Å²) in [4.78, 5) is 18.6. The third-order valence-corrected chi connectivity index (χ3v) is 6.45. The first kappa shape index (κ1) is 15.3. The van der Waals surface area contributed by atoms with Crippen molar-refractivity contribution in [3.05, 3.63) is 21.9 Å². The topological polar surface area (TPSA) is 32.8 Å². The number of carbonyl (C=O) groups is 1. The standard InChI is InChI=1S/C15H22N2O2S2/c1-19-15(18)14-3-2-13(21-14)10-16-5-7-17(8-6-16)12-4-9-20-11-12/h2-3,12H,4-11H2,1H3/t12-/m0/s1. The van der Waals surface area contributed by atoms with Crippen LogP contribution in [0.15, 0.2) is 12.1 Å². The molecule has 116 valence electrons. The third-order valence-electron chi connectivity index (χ3n) is 4.26. The molecule has 3 heterocycles. The first-order valence-electron chi connectivity index (χ1n) is 7.47. The molecule has 2 saturated heterocycles. The number of esters is 1. The van der Waals surface area contributed by atoms with Gasteiger partial charge in [-0.3, -0.25) is 9.80 Å². The fourth-order valence-electron chi connectivity index (χ4n) is 2.99. The lowest BCUT2D eigenvalue weighted by Gasteiger charge is -2.37. The minimum Gasteiger partial charge on any atom is -0.465 e. The molecule has 0 aromatic carbocycles. The molecular formula is C15H22N2O2S2. The Kier molecular flexibility index (Phi) is 5.21. The molecule has 4 nitrogen and oxygen atoms in total. The SMILES string of the molecule is COC(=O)c1ccc(CN2CCN([C@H]3CCSC3)CC2)s1. The van der Waals surface area contributed by atoms with Gasteiger partial charge >= 0.3 is 5.97 Å². The van der Waals surface area contributed by atoms with E-state index >= 15 is 0 Å². The van der Waals surface area contributed by atoms with E-state index in [1.54, 1.807) is 11.3 Å². The number of thiophene rings is 1. The lowest BCUT2D eigenvalue weighted by molar-refractivity contribution is 0.0606. The summed E-state index contributed by atoms with van der Waals surface area (Å²) in [5.74, 6) is 2.42. The molecule has 6 heteroatoms. The number of methoxy groups -OCH3 is 1. The maximum Gasteiger partial charge on any atom is 0.348 e. The first-order chi connectivity index (χ1) is 10.3. The minimum absolute atomic E-state index is 0.227. The Morgan fingerprint density at radius 2 is 2.14 bits per heavy atom. The summed E-state index contributed by atoms with van der Waals surface area (Å²) in [5.41, 5.74) is 0. The van der Waals surface area contributed by atoms with Crippen LogP contribution in [0.4, 0.5) is 0 Å². The fraction of sp³-hybridized carbons (Fsp3) is 0.667. The fourth-order valence-corrected chi connectivity index (χ4v) is 5.21. The molecule has 0 radical (unpaired) electrons. The Hall–Kier alpha value is -0.560. The maximum absolute atomic E-state index is 11.5. The van der Waals surface area contributed by atoms with E-state index in [1.165, 1.54) is 43.0 Å². The summed E-state index contributed by atoms with van der Waals surface area (Å²) in [7, 11) is 1.43. The van der Waals surface area contributed by atoms with Crippen LogP contribution in [-0.4, -0.2) is 66.6 Å². The van der Waals surface area contributed by atoms with E-state index in [4.69, 9.17) is 4.74 Å². The molecule has 0 saturated carbocycles. The number of nitrogens with zero attached hydrogens (tertiary/aromatic N) is 2. The van der Waals surface area contributed by atoms with Crippen molar-refractivity contribution < 1.29 is 9.53 Å². The van der Waals surface area contributed by atoms with E-state index in [0.717, 1.165) is 25.7 Å². The van der Waals surface area contributed by atoms with E-state index in [9.17, 15) is 4.79 Å². The Morgan fingerprint density at radius 1 is 1.33 bits per heavy atom. The van der Waals surface area contributed by atoms with Crippen LogP contribution in [0.25, 0.3) is 0 Å². The molecule has 1 aromatic heterocycles. The van der Waals surface area contributed by atoms with Gasteiger partial charge in [-0.2, -0.15) is 11.8 Å².